The Labute approximate surface area is 151 Å². The topological polar surface area (TPSA) is 98.0 Å². The van der Waals surface area contributed by atoms with E-state index in [2.05, 4.69) is 15.5 Å². The SMILES string of the molecule is O=C(CSc1nnnn1-c1ccc(C(=O)O)cc1)Cc1ccccc1F. The van der Waals surface area contributed by atoms with Gasteiger partial charge in [0.2, 0.25) is 5.16 Å². The second-order valence-electron chi connectivity index (χ2n) is 5.32. The highest BCUT2D eigenvalue weighted by molar-refractivity contribution is 7.99. The number of halogens is 1. The van der Waals surface area contributed by atoms with E-state index in [1.807, 2.05) is 0 Å². The van der Waals surface area contributed by atoms with Gasteiger partial charge in [-0.3, -0.25) is 4.79 Å². The maximum atomic E-state index is 13.6. The van der Waals surface area contributed by atoms with Gasteiger partial charge < -0.3 is 5.11 Å². The standard InChI is InChI=1S/C17H13FN4O3S/c18-15-4-2-1-3-12(15)9-14(23)10-26-17-19-20-21-22(17)13-7-5-11(6-8-13)16(24)25/h1-8H,9-10H2,(H,24,25). The van der Waals surface area contributed by atoms with Crippen molar-refractivity contribution in [1.82, 2.24) is 20.2 Å². The number of rotatable bonds is 7. The average Bonchev–Trinajstić information content (AvgIpc) is 3.10. The molecule has 0 spiro atoms. The number of ketones is 1. The molecule has 0 saturated heterocycles. The molecule has 1 heterocycles. The quantitative estimate of drug-likeness (QED) is 0.636. The molecule has 0 atom stereocenters. The minimum absolute atomic E-state index is 0.00541. The van der Waals surface area contributed by atoms with Crippen molar-refractivity contribution >= 4 is 23.5 Å². The molecule has 3 aromatic rings. The lowest BCUT2D eigenvalue weighted by Gasteiger charge is -2.05. The molecule has 0 amide bonds. The number of carbonyl (C=O) groups is 2. The second-order valence-corrected chi connectivity index (χ2v) is 6.26. The third-order valence-corrected chi connectivity index (χ3v) is 4.49. The predicted octanol–water partition coefficient (Wildman–Crippen LogP) is 2.40. The van der Waals surface area contributed by atoms with Gasteiger partial charge in [0.05, 0.1) is 17.0 Å². The fraction of sp³-hybridized carbons (Fsp3) is 0.118. The summed E-state index contributed by atoms with van der Waals surface area (Å²) in [5.41, 5.74) is 1.07. The number of carbonyl (C=O) groups excluding carboxylic acids is 1. The smallest absolute Gasteiger partial charge is 0.335 e. The number of carboxylic acid groups (broad SMARTS) is 1. The van der Waals surface area contributed by atoms with Gasteiger partial charge in [0.15, 0.2) is 0 Å². The van der Waals surface area contributed by atoms with Gasteiger partial charge in [-0.05, 0) is 46.3 Å². The van der Waals surface area contributed by atoms with E-state index in [1.165, 1.54) is 22.9 Å². The van der Waals surface area contributed by atoms with Crippen LogP contribution in [0.2, 0.25) is 0 Å². The number of carboxylic acids is 1. The van der Waals surface area contributed by atoms with Gasteiger partial charge in [-0.15, -0.1) is 5.10 Å². The molecule has 1 N–H and O–H groups in total. The fourth-order valence-corrected chi connectivity index (χ4v) is 2.98. The highest BCUT2D eigenvalue weighted by atomic mass is 32.2. The summed E-state index contributed by atoms with van der Waals surface area (Å²) < 4.78 is 15.0. The van der Waals surface area contributed by atoms with Crippen LogP contribution in [0.5, 0.6) is 0 Å². The summed E-state index contributed by atoms with van der Waals surface area (Å²) in [7, 11) is 0. The molecule has 26 heavy (non-hydrogen) atoms. The van der Waals surface area contributed by atoms with E-state index < -0.39 is 11.8 Å². The molecule has 1 aromatic heterocycles. The molecular formula is C17H13FN4O3S. The largest absolute Gasteiger partial charge is 0.478 e. The van der Waals surface area contributed by atoms with Crippen molar-refractivity contribution in [2.24, 2.45) is 0 Å². The Hall–Kier alpha value is -3.07. The Kier molecular flexibility index (Phi) is 5.37. The number of tetrazole rings is 1. The van der Waals surface area contributed by atoms with Crippen LogP contribution in [0.4, 0.5) is 4.39 Å². The lowest BCUT2D eigenvalue weighted by Crippen LogP contribution is -2.08. The number of benzene rings is 2. The molecule has 0 fully saturated rings. The zero-order valence-electron chi connectivity index (χ0n) is 13.4. The molecule has 2 aromatic carbocycles. The van der Waals surface area contributed by atoms with Crippen molar-refractivity contribution in [3.8, 4) is 5.69 Å². The highest BCUT2D eigenvalue weighted by Crippen LogP contribution is 2.19. The van der Waals surface area contributed by atoms with Gasteiger partial charge in [0.25, 0.3) is 0 Å². The van der Waals surface area contributed by atoms with Gasteiger partial charge >= 0.3 is 5.97 Å². The van der Waals surface area contributed by atoms with Crippen LogP contribution in [-0.4, -0.2) is 42.8 Å². The number of aromatic nitrogens is 4. The first-order chi connectivity index (χ1) is 12.5. The van der Waals surface area contributed by atoms with Crippen LogP contribution in [0.25, 0.3) is 5.69 Å². The molecule has 7 nitrogen and oxygen atoms in total. The van der Waals surface area contributed by atoms with E-state index in [4.69, 9.17) is 5.11 Å². The van der Waals surface area contributed by atoms with Gasteiger partial charge in [-0.1, -0.05) is 30.0 Å². The van der Waals surface area contributed by atoms with Gasteiger partial charge in [0, 0.05) is 6.42 Å². The summed E-state index contributed by atoms with van der Waals surface area (Å²) in [5.74, 6) is -1.51. The fourth-order valence-electron chi connectivity index (χ4n) is 2.23. The van der Waals surface area contributed by atoms with Crippen LogP contribution in [0.15, 0.2) is 53.7 Å². The Morgan fingerprint density at radius 3 is 2.54 bits per heavy atom. The number of aromatic carboxylic acids is 1. The summed E-state index contributed by atoms with van der Waals surface area (Å²) >= 11 is 1.13. The molecule has 0 aliphatic heterocycles. The van der Waals surface area contributed by atoms with Crippen LogP contribution in [0, 0.1) is 5.82 Å². The number of hydrogen-bond donors (Lipinski definition) is 1. The van der Waals surface area contributed by atoms with E-state index in [-0.39, 0.29) is 23.5 Å². The maximum absolute atomic E-state index is 13.6. The lowest BCUT2D eigenvalue weighted by atomic mass is 10.1. The normalized spacial score (nSPS) is 10.7. The van der Waals surface area contributed by atoms with Crippen molar-refractivity contribution < 1.29 is 19.1 Å². The van der Waals surface area contributed by atoms with Crippen LogP contribution in [0.1, 0.15) is 15.9 Å². The average molecular weight is 372 g/mol. The van der Waals surface area contributed by atoms with Gasteiger partial charge in [0.1, 0.15) is 11.6 Å². The summed E-state index contributed by atoms with van der Waals surface area (Å²) in [6.07, 6.45) is -0.00541. The third-order valence-electron chi connectivity index (χ3n) is 3.51. The zero-order chi connectivity index (χ0) is 18.5. The first-order valence-corrected chi connectivity index (χ1v) is 8.53. The molecule has 0 saturated carbocycles. The molecule has 0 aliphatic carbocycles. The summed E-state index contributed by atoms with van der Waals surface area (Å²) in [6, 6.07) is 12.2. The van der Waals surface area contributed by atoms with Crippen LogP contribution in [0.3, 0.4) is 0 Å². The number of thioether (sulfide) groups is 1. The lowest BCUT2D eigenvalue weighted by molar-refractivity contribution is -0.116. The Morgan fingerprint density at radius 1 is 1.12 bits per heavy atom. The Bertz CT molecular complexity index is 943. The summed E-state index contributed by atoms with van der Waals surface area (Å²) in [5, 5.41) is 20.6. The molecule has 9 heteroatoms. The molecule has 0 aliphatic rings. The second kappa shape index (κ2) is 7.87. The van der Waals surface area contributed by atoms with Crippen molar-refractivity contribution in [1.29, 1.82) is 0 Å². The molecule has 0 radical (unpaired) electrons. The molecule has 0 bridgehead atoms. The number of nitrogens with zero attached hydrogens (tertiary/aromatic N) is 4. The summed E-state index contributed by atoms with van der Waals surface area (Å²) in [4.78, 5) is 23.0. The zero-order valence-corrected chi connectivity index (χ0v) is 14.2. The first kappa shape index (κ1) is 17.7. The van der Waals surface area contributed by atoms with Gasteiger partial charge in [-0.25, -0.2) is 9.18 Å². The van der Waals surface area contributed by atoms with Crippen molar-refractivity contribution in [2.45, 2.75) is 11.6 Å². The molecule has 0 unspecified atom stereocenters. The van der Waals surface area contributed by atoms with Crippen molar-refractivity contribution in [3.63, 3.8) is 0 Å². The minimum Gasteiger partial charge on any atom is -0.478 e. The van der Waals surface area contributed by atoms with Crippen LogP contribution in [-0.2, 0) is 11.2 Å². The summed E-state index contributed by atoms with van der Waals surface area (Å²) in [6.45, 7) is 0. The maximum Gasteiger partial charge on any atom is 0.335 e. The van der Waals surface area contributed by atoms with E-state index in [0.29, 0.717) is 16.4 Å². The van der Waals surface area contributed by atoms with Crippen molar-refractivity contribution in [2.75, 3.05) is 5.75 Å². The van der Waals surface area contributed by atoms with E-state index in [1.54, 1.807) is 30.3 Å². The van der Waals surface area contributed by atoms with Crippen LogP contribution < -0.4 is 0 Å². The van der Waals surface area contributed by atoms with Crippen LogP contribution >= 0.6 is 11.8 Å². The Morgan fingerprint density at radius 2 is 1.85 bits per heavy atom. The first-order valence-electron chi connectivity index (χ1n) is 7.54. The molecular weight excluding hydrogens is 359 g/mol. The van der Waals surface area contributed by atoms with E-state index in [9.17, 15) is 14.0 Å². The molecule has 132 valence electrons. The highest BCUT2D eigenvalue weighted by Gasteiger charge is 2.14. The van der Waals surface area contributed by atoms with Crippen molar-refractivity contribution in [3.05, 3.63) is 65.5 Å². The third kappa shape index (κ3) is 4.12. The van der Waals surface area contributed by atoms with Gasteiger partial charge in [-0.2, -0.15) is 4.68 Å². The number of hydrogen-bond acceptors (Lipinski definition) is 6. The van der Waals surface area contributed by atoms with E-state index >= 15 is 0 Å². The van der Waals surface area contributed by atoms with E-state index in [0.717, 1.165) is 11.8 Å². The minimum atomic E-state index is -1.03. The Balaban J connectivity index is 1.66. The number of Topliss-reactive ketones (excluding diaryl/α,β-unsaturated/α-hetero) is 1. The molecule has 3 rings (SSSR count). The monoisotopic (exact) mass is 372 g/mol. The predicted molar refractivity (Wildman–Crippen MR) is 91.9 cm³/mol.